The highest BCUT2D eigenvalue weighted by Gasteiger charge is 2.56. The molecular weight excluding hydrogens is 241 g/mol. The zero-order valence-electron chi connectivity index (χ0n) is 7.83. The first-order valence-corrected chi connectivity index (χ1v) is 5.20. The summed E-state index contributed by atoms with van der Waals surface area (Å²) in [5, 5.41) is 0. The third-order valence-electron chi connectivity index (χ3n) is 1.43. The van der Waals surface area contributed by atoms with Gasteiger partial charge < -0.3 is 4.74 Å². The van der Waals surface area contributed by atoms with Crippen LogP contribution in [0.1, 0.15) is 13.8 Å². The fourth-order valence-electron chi connectivity index (χ4n) is 0.834. The number of hydrogen-bond donors (Lipinski definition) is 1. The number of ether oxygens (including phenoxy) is 1. The molecule has 0 bridgehead atoms. The van der Waals surface area contributed by atoms with Gasteiger partial charge in [-0.25, -0.2) is 0 Å². The van der Waals surface area contributed by atoms with Crippen molar-refractivity contribution in [3.8, 4) is 0 Å². The number of rotatable bonds is 3. The average molecular weight is 250 g/mol. The Bertz CT molecular complexity index is 346. The van der Waals surface area contributed by atoms with Crippen LogP contribution < -0.4 is 0 Å². The molecule has 0 aromatic heterocycles. The number of hydrogen-bond acceptors (Lipinski definition) is 4. The van der Waals surface area contributed by atoms with E-state index in [0.717, 1.165) is 0 Å². The smallest absolute Gasteiger partial charge is 0.429 e. The molecule has 0 aromatic carbocycles. The Morgan fingerprint density at radius 3 is 2.00 bits per heavy atom. The van der Waals surface area contributed by atoms with E-state index in [1.54, 1.807) is 0 Å². The van der Waals surface area contributed by atoms with Crippen molar-refractivity contribution in [3.63, 3.8) is 0 Å². The van der Waals surface area contributed by atoms with Crippen LogP contribution in [0.2, 0.25) is 0 Å². The summed E-state index contributed by atoms with van der Waals surface area (Å²) in [6.07, 6.45) is -5.09. The maximum atomic E-state index is 12.3. The van der Waals surface area contributed by atoms with Crippen LogP contribution >= 0.6 is 0 Å². The van der Waals surface area contributed by atoms with E-state index in [1.165, 1.54) is 0 Å². The van der Waals surface area contributed by atoms with Crippen molar-refractivity contribution in [2.75, 3.05) is 5.75 Å². The average Bonchev–Trinajstić information content (AvgIpc) is 1.75. The molecule has 0 aromatic rings. The lowest BCUT2D eigenvalue weighted by Gasteiger charge is -2.29. The second-order valence-electron chi connectivity index (χ2n) is 3.05. The molecule has 90 valence electrons. The lowest BCUT2D eigenvalue weighted by atomic mass is 10.1. The second-order valence-corrected chi connectivity index (χ2v) is 4.50. The van der Waals surface area contributed by atoms with Gasteiger partial charge in [-0.05, 0) is 6.92 Å². The fraction of sp³-hybridized carbons (Fsp3) is 0.833. The maximum Gasteiger partial charge on any atom is 0.429 e. The Kier molecular flexibility index (Phi) is 3.75. The zero-order chi connectivity index (χ0) is 12.5. The highest BCUT2D eigenvalue weighted by molar-refractivity contribution is 7.85. The molecule has 9 heteroatoms. The topological polar surface area (TPSA) is 80.7 Å². The summed E-state index contributed by atoms with van der Waals surface area (Å²) in [6.45, 7) is 1.07. The molecule has 0 saturated carbocycles. The highest BCUT2D eigenvalue weighted by Crippen LogP contribution is 2.34. The first-order chi connectivity index (χ1) is 6.37. The van der Waals surface area contributed by atoms with Gasteiger partial charge in [0.2, 0.25) is 5.60 Å². The molecule has 0 radical (unpaired) electrons. The van der Waals surface area contributed by atoms with E-state index in [-0.39, 0.29) is 0 Å². The second kappa shape index (κ2) is 3.97. The minimum atomic E-state index is -5.09. The van der Waals surface area contributed by atoms with Gasteiger partial charge in [-0.2, -0.15) is 21.6 Å². The first-order valence-electron chi connectivity index (χ1n) is 3.59. The molecule has 0 aliphatic carbocycles. The van der Waals surface area contributed by atoms with E-state index in [4.69, 9.17) is 4.55 Å². The van der Waals surface area contributed by atoms with Crippen LogP contribution in [0.5, 0.6) is 0 Å². The summed E-state index contributed by atoms with van der Waals surface area (Å²) in [5.41, 5.74) is -3.24. The summed E-state index contributed by atoms with van der Waals surface area (Å²) < 4.78 is 69.9. The molecule has 15 heavy (non-hydrogen) atoms. The maximum absolute atomic E-state index is 12.3. The third-order valence-corrected chi connectivity index (χ3v) is 2.34. The normalized spacial score (nSPS) is 16.9. The van der Waals surface area contributed by atoms with Gasteiger partial charge in [-0.1, -0.05) is 0 Å². The van der Waals surface area contributed by atoms with Gasteiger partial charge in [0.05, 0.1) is 0 Å². The minimum absolute atomic E-state index is 0.363. The monoisotopic (exact) mass is 250 g/mol. The van der Waals surface area contributed by atoms with E-state index < -0.39 is 33.6 Å². The standard InChI is InChI=1S/C6H9F3O5S/c1-4(10)14-5(2,6(7,8)9)3-15(11,12)13/h3H2,1-2H3,(H,11,12,13). The molecule has 1 atom stereocenters. The zero-order valence-corrected chi connectivity index (χ0v) is 8.65. The third kappa shape index (κ3) is 4.47. The summed E-state index contributed by atoms with van der Waals surface area (Å²) in [7, 11) is -4.91. The molecule has 0 spiro atoms. The van der Waals surface area contributed by atoms with Crippen molar-refractivity contribution in [2.45, 2.75) is 25.6 Å². The largest absolute Gasteiger partial charge is 0.449 e. The van der Waals surface area contributed by atoms with E-state index in [2.05, 4.69) is 4.74 Å². The molecule has 0 aliphatic rings. The molecule has 0 amide bonds. The quantitative estimate of drug-likeness (QED) is 0.590. The molecule has 5 nitrogen and oxygen atoms in total. The lowest BCUT2D eigenvalue weighted by Crippen LogP contribution is -2.51. The molecule has 1 N–H and O–H groups in total. The number of carbonyl (C=O) groups excluding carboxylic acids is 1. The van der Waals surface area contributed by atoms with Crippen molar-refractivity contribution in [2.24, 2.45) is 0 Å². The fourth-order valence-corrected chi connectivity index (χ4v) is 1.75. The van der Waals surface area contributed by atoms with E-state index >= 15 is 0 Å². The van der Waals surface area contributed by atoms with Crippen LogP contribution in [0.25, 0.3) is 0 Å². The van der Waals surface area contributed by atoms with Crippen LogP contribution in [-0.4, -0.2) is 36.5 Å². The first kappa shape index (κ1) is 14.2. The van der Waals surface area contributed by atoms with Crippen molar-refractivity contribution < 1.29 is 35.7 Å². The Balaban J connectivity index is 5.13. The van der Waals surface area contributed by atoms with Crippen LogP contribution in [-0.2, 0) is 19.6 Å². The summed E-state index contributed by atoms with van der Waals surface area (Å²) in [6, 6.07) is 0. The minimum Gasteiger partial charge on any atom is -0.449 e. The van der Waals surface area contributed by atoms with Gasteiger partial charge in [0.1, 0.15) is 5.75 Å². The number of carbonyl (C=O) groups is 1. The van der Waals surface area contributed by atoms with Crippen molar-refractivity contribution in [1.82, 2.24) is 0 Å². The van der Waals surface area contributed by atoms with Gasteiger partial charge >= 0.3 is 12.1 Å². The molecule has 0 heterocycles. The Morgan fingerprint density at radius 1 is 1.40 bits per heavy atom. The van der Waals surface area contributed by atoms with Crippen LogP contribution in [0, 0.1) is 0 Å². The lowest BCUT2D eigenvalue weighted by molar-refractivity contribution is -0.255. The van der Waals surface area contributed by atoms with Gasteiger partial charge in [0.15, 0.2) is 0 Å². The van der Waals surface area contributed by atoms with Gasteiger partial charge in [-0.15, -0.1) is 0 Å². The molecule has 0 aliphatic heterocycles. The van der Waals surface area contributed by atoms with Crippen LogP contribution in [0.15, 0.2) is 0 Å². The SMILES string of the molecule is CC(=O)OC(C)(CS(=O)(=O)O)C(F)(F)F. The highest BCUT2D eigenvalue weighted by atomic mass is 32.2. The van der Waals surface area contributed by atoms with Gasteiger partial charge in [0, 0.05) is 6.92 Å². The molecule has 1 unspecified atom stereocenters. The van der Waals surface area contributed by atoms with E-state index in [1.807, 2.05) is 0 Å². The number of alkyl halides is 3. The van der Waals surface area contributed by atoms with E-state index in [0.29, 0.717) is 13.8 Å². The van der Waals surface area contributed by atoms with Crippen LogP contribution in [0.3, 0.4) is 0 Å². The molecular formula is C6H9F3O5S. The summed E-state index contributed by atoms with van der Waals surface area (Å²) in [4.78, 5) is 10.4. The van der Waals surface area contributed by atoms with Crippen molar-refractivity contribution >= 4 is 16.1 Å². The predicted molar refractivity (Wildman–Crippen MR) is 42.6 cm³/mol. The molecule has 0 saturated heterocycles. The number of esters is 1. The number of halogens is 3. The van der Waals surface area contributed by atoms with Crippen LogP contribution in [0.4, 0.5) is 13.2 Å². The van der Waals surface area contributed by atoms with E-state index in [9.17, 15) is 26.4 Å². The Labute approximate surface area is 84.0 Å². The summed E-state index contributed by atoms with van der Waals surface area (Å²) >= 11 is 0. The summed E-state index contributed by atoms with van der Waals surface area (Å²) in [5.74, 6) is -3.03. The Hall–Kier alpha value is -0.830. The Morgan fingerprint density at radius 2 is 1.80 bits per heavy atom. The van der Waals surface area contributed by atoms with Gasteiger partial charge in [-0.3, -0.25) is 9.35 Å². The molecule has 0 fully saturated rings. The molecule has 0 rings (SSSR count). The van der Waals surface area contributed by atoms with Crippen molar-refractivity contribution in [1.29, 1.82) is 0 Å². The predicted octanol–water partition coefficient (Wildman–Crippen LogP) is 0.758. The van der Waals surface area contributed by atoms with Crippen molar-refractivity contribution in [3.05, 3.63) is 0 Å². The van der Waals surface area contributed by atoms with Gasteiger partial charge in [0.25, 0.3) is 10.1 Å².